The number of amidine groups is 1. The predicted molar refractivity (Wildman–Crippen MR) is 157 cm³/mol. The van der Waals surface area contributed by atoms with Crippen molar-refractivity contribution in [1.82, 2.24) is 0 Å². The number of nitriles is 1. The van der Waals surface area contributed by atoms with Gasteiger partial charge in [-0.1, -0.05) is 72.8 Å². The molecule has 3 heteroatoms. The fourth-order valence-electron chi connectivity index (χ4n) is 5.34. The monoisotopic (exact) mass is 485 g/mol. The van der Waals surface area contributed by atoms with Gasteiger partial charge in [0.05, 0.1) is 17.3 Å². The molecule has 1 heterocycles. The van der Waals surface area contributed by atoms with Crippen molar-refractivity contribution in [2.24, 2.45) is 15.9 Å². The number of allylic oxidation sites excluding steroid dienone is 4. The third kappa shape index (κ3) is 3.93. The molecular formula is C35H23N3. The average Bonchev–Trinajstić information content (AvgIpc) is 2.99. The molecule has 0 saturated heterocycles. The number of hydrogen-bond acceptors (Lipinski definition) is 3. The molecule has 0 amide bonds. The largest absolute Gasteiger partial charge is 0.240 e. The van der Waals surface area contributed by atoms with E-state index in [0.29, 0.717) is 5.56 Å². The second-order valence-corrected chi connectivity index (χ2v) is 9.79. The Kier molecular flexibility index (Phi) is 5.31. The summed E-state index contributed by atoms with van der Waals surface area (Å²) in [4.78, 5) is 9.77. The fourth-order valence-corrected chi connectivity index (χ4v) is 5.34. The van der Waals surface area contributed by atoms with Gasteiger partial charge in [-0.15, -0.1) is 0 Å². The zero-order valence-electron chi connectivity index (χ0n) is 20.7. The van der Waals surface area contributed by atoms with Gasteiger partial charge >= 0.3 is 0 Å². The molecule has 7 rings (SSSR count). The van der Waals surface area contributed by atoms with Crippen LogP contribution < -0.4 is 0 Å². The number of rotatable bonds is 3. The summed E-state index contributed by atoms with van der Waals surface area (Å²) in [5.41, 5.74) is 7.36. The number of hydrogen-bond donors (Lipinski definition) is 0. The molecule has 3 nitrogen and oxygen atoms in total. The predicted octanol–water partition coefficient (Wildman–Crippen LogP) is 8.49. The molecule has 0 spiro atoms. The third-order valence-corrected chi connectivity index (χ3v) is 7.41. The second kappa shape index (κ2) is 9.10. The summed E-state index contributed by atoms with van der Waals surface area (Å²) in [5.74, 6) is 1.04. The van der Waals surface area contributed by atoms with Gasteiger partial charge in [-0.05, 0) is 92.7 Å². The molecule has 0 saturated carbocycles. The Bertz CT molecular complexity index is 1900. The van der Waals surface area contributed by atoms with Gasteiger partial charge < -0.3 is 0 Å². The summed E-state index contributed by atoms with van der Waals surface area (Å²) in [7, 11) is 0. The van der Waals surface area contributed by atoms with E-state index in [9.17, 15) is 0 Å². The van der Waals surface area contributed by atoms with Crippen LogP contribution in [0.4, 0.5) is 0 Å². The molecule has 178 valence electrons. The minimum Gasteiger partial charge on any atom is -0.240 e. The highest BCUT2D eigenvalue weighted by Crippen LogP contribution is 2.33. The maximum atomic E-state index is 9.09. The number of aliphatic imine (C=N–C) groups is 2. The summed E-state index contributed by atoms with van der Waals surface area (Å²) in [6.45, 7) is 0. The summed E-state index contributed by atoms with van der Waals surface area (Å²) < 4.78 is 0. The van der Waals surface area contributed by atoms with Crippen LogP contribution in [0.2, 0.25) is 0 Å². The van der Waals surface area contributed by atoms with Crippen LogP contribution >= 0.6 is 0 Å². The van der Waals surface area contributed by atoms with Crippen LogP contribution in [-0.2, 0) is 0 Å². The number of fused-ring (bicyclic) bond motifs is 3. The lowest BCUT2D eigenvalue weighted by molar-refractivity contribution is 0.804. The highest BCUT2D eigenvalue weighted by atomic mass is 15.0. The molecule has 5 aromatic carbocycles. The van der Waals surface area contributed by atoms with E-state index >= 15 is 0 Å². The van der Waals surface area contributed by atoms with Gasteiger partial charge in [-0.25, -0.2) is 9.98 Å². The van der Waals surface area contributed by atoms with Crippen LogP contribution in [0.15, 0.2) is 131 Å². The first kappa shape index (κ1) is 22.2. The van der Waals surface area contributed by atoms with Crippen LogP contribution in [0.25, 0.3) is 43.8 Å². The molecule has 0 aromatic heterocycles. The third-order valence-electron chi connectivity index (χ3n) is 7.41. The Hall–Kier alpha value is -5.07. The van der Waals surface area contributed by atoms with E-state index in [0.717, 1.165) is 51.2 Å². The SMILES string of the molecule is N#Cc1ccc(-c2ccc3cc(-c4cc(C5=NC6=CC=CCC6C=N5)c5ccccc5c4)ccc3c2)cc1. The lowest BCUT2D eigenvalue weighted by Crippen LogP contribution is -2.15. The second-order valence-electron chi connectivity index (χ2n) is 9.79. The van der Waals surface area contributed by atoms with E-state index < -0.39 is 0 Å². The molecule has 1 aliphatic carbocycles. The van der Waals surface area contributed by atoms with Crippen LogP contribution in [0.5, 0.6) is 0 Å². The molecule has 1 atom stereocenters. The Morgan fingerprint density at radius 2 is 1.42 bits per heavy atom. The van der Waals surface area contributed by atoms with E-state index in [2.05, 4.69) is 97.1 Å². The zero-order chi connectivity index (χ0) is 25.5. The van der Waals surface area contributed by atoms with Crippen LogP contribution in [0.3, 0.4) is 0 Å². The minimum absolute atomic E-state index is 0.271. The van der Waals surface area contributed by atoms with Crippen molar-refractivity contribution in [2.75, 3.05) is 0 Å². The Morgan fingerprint density at radius 3 is 2.21 bits per heavy atom. The summed E-state index contributed by atoms with van der Waals surface area (Å²) in [6, 6.07) is 36.0. The Morgan fingerprint density at radius 1 is 0.711 bits per heavy atom. The first-order valence-electron chi connectivity index (χ1n) is 12.8. The quantitative estimate of drug-likeness (QED) is 0.253. The zero-order valence-corrected chi connectivity index (χ0v) is 20.7. The maximum absolute atomic E-state index is 9.09. The number of benzene rings is 5. The van der Waals surface area contributed by atoms with Gasteiger partial charge in [0.15, 0.2) is 5.84 Å². The van der Waals surface area contributed by atoms with Crippen LogP contribution in [-0.4, -0.2) is 12.1 Å². The highest BCUT2D eigenvalue weighted by molar-refractivity contribution is 6.15. The maximum Gasteiger partial charge on any atom is 0.159 e. The summed E-state index contributed by atoms with van der Waals surface area (Å²) in [5, 5.41) is 13.8. The van der Waals surface area contributed by atoms with Crippen molar-refractivity contribution in [3.05, 3.63) is 132 Å². The molecule has 0 radical (unpaired) electrons. The first-order chi connectivity index (χ1) is 18.7. The molecule has 5 aromatic rings. The van der Waals surface area contributed by atoms with Crippen molar-refractivity contribution < 1.29 is 0 Å². The topological polar surface area (TPSA) is 48.5 Å². The van der Waals surface area contributed by atoms with E-state index in [1.807, 2.05) is 30.5 Å². The fraction of sp³-hybridized carbons (Fsp3) is 0.0571. The summed E-state index contributed by atoms with van der Waals surface area (Å²) >= 11 is 0. The van der Waals surface area contributed by atoms with Gasteiger partial charge in [0.25, 0.3) is 0 Å². The molecule has 1 aliphatic heterocycles. The standard InChI is InChI=1S/C35H23N3/c36-21-23-9-11-24(12-10-23)25-13-14-27-18-28(16-15-26(27)17-25)31-19-29-5-1-3-7-32(29)33(20-31)35-37-22-30-6-2-4-8-34(30)38-35/h1-5,7-20,22,30H,6H2. The van der Waals surface area contributed by atoms with E-state index in [1.165, 1.54) is 16.2 Å². The smallest absolute Gasteiger partial charge is 0.159 e. The molecule has 38 heavy (non-hydrogen) atoms. The lowest BCUT2D eigenvalue weighted by atomic mass is 9.93. The van der Waals surface area contributed by atoms with Crippen molar-refractivity contribution in [1.29, 1.82) is 5.26 Å². The van der Waals surface area contributed by atoms with E-state index in [1.54, 1.807) is 0 Å². The highest BCUT2D eigenvalue weighted by Gasteiger charge is 2.20. The van der Waals surface area contributed by atoms with E-state index in [4.69, 9.17) is 15.2 Å². The lowest BCUT2D eigenvalue weighted by Gasteiger charge is -2.20. The molecule has 1 unspecified atom stereocenters. The van der Waals surface area contributed by atoms with Crippen molar-refractivity contribution >= 4 is 33.6 Å². The van der Waals surface area contributed by atoms with Crippen molar-refractivity contribution in [2.45, 2.75) is 6.42 Å². The van der Waals surface area contributed by atoms with Crippen LogP contribution in [0.1, 0.15) is 17.5 Å². The molecule has 2 aliphatic rings. The van der Waals surface area contributed by atoms with Crippen LogP contribution in [0, 0.1) is 17.2 Å². The van der Waals surface area contributed by atoms with Gasteiger partial charge in [0.1, 0.15) is 0 Å². The molecule has 0 fully saturated rings. The number of nitrogens with zero attached hydrogens (tertiary/aromatic N) is 3. The van der Waals surface area contributed by atoms with Crippen molar-refractivity contribution in [3.63, 3.8) is 0 Å². The first-order valence-corrected chi connectivity index (χ1v) is 12.8. The van der Waals surface area contributed by atoms with Crippen molar-refractivity contribution in [3.8, 4) is 28.3 Å². The molecule has 0 bridgehead atoms. The average molecular weight is 486 g/mol. The van der Waals surface area contributed by atoms with Gasteiger partial charge in [0.2, 0.25) is 0 Å². The normalized spacial score (nSPS) is 16.1. The minimum atomic E-state index is 0.271. The Labute approximate surface area is 221 Å². The molecular weight excluding hydrogens is 462 g/mol. The van der Waals surface area contributed by atoms with E-state index in [-0.39, 0.29) is 5.92 Å². The van der Waals surface area contributed by atoms with Gasteiger partial charge in [0, 0.05) is 17.7 Å². The summed E-state index contributed by atoms with van der Waals surface area (Å²) in [6.07, 6.45) is 9.35. The molecule has 0 N–H and O–H groups in total. The van der Waals surface area contributed by atoms with Gasteiger partial charge in [-0.3, -0.25) is 0 Å². The van der Waals surface area contributed by atoms with Gasteiger partial charge in [-0.2, -0.15) is 5.26 Å². The Balaban J connectivity index is 1.31.